The zero-order valence-corrected chi connectivity index (χ0v) is 10.6. The molecule has 2 N–H and O–H groups in total. The zero-order chi connectivity index (χ0) is 11.8. The van der Waals surface area contributed by atoms with E-state index in [0.29, 0.717) is 6.04 Å². The van der Waals surface area contributed by atoms with E-state index in [1.807, 2.05) is 6.07 Å². The minimum Gasteiger partial charge on any atom is -0.342 e. The highest BCUT2D eigenvalue weighted by Gasteiger charge is 2.26. The smallest absolute Gasteiger partial charge is 0.0486 e. The van der Waals surface area contributed by atoms with E-state index < -0.39 is 0 Å². The van der Waals surface area contributed by atoms with Crippen LogP contribution in [0.4, 0.5) is 0 Å². The summed E-state index contributed by atoms with van der Waals surface area (Å²) in [6, 6.07) is 9.16. The Bertz CT molecular complexity index is 540. The van der Waals surface area contributed by atoms with Gasteiger partial charge in [-0.3, -0.25) is 0 Å². The molecule has 1 heterocycles. The Labute approximate surface area is 106 Å². The van der Waals surface area contributed by atoms with Crippen molar-refractivity contribution in [2.45, 2.75) is 31.7 Å². The first kappa shape index (κ1) is 11.1. The van der Waals surface area contributed by atoms with E-state index in [4.69, 9.17) is 17.3 Å². The second-order valence-electron chi connectivity index (χ2n) is 4.83. The lowest BCUT2D eigenvalue weighted by Gasteiger charge is -2.08. The Kier molecular flexibility index (Phi) is 2.85. The summed E-state index contributed by atoms with van der Waals surface area (Å²) in [6.07, 6.45) is 4.74. The van der Waals surface area contributed by atoms with Crippen LogP contribution >= 0.6 is 11.6 Å². The normalized spacial score (nSPS) is 15.6. The van der Waals surface area contributed by atoms with E-state index in [1.54, 1.807) is 0 Å². The van der Waals surface area contributed by atoms with E-state index in [2.05, 4.69) is 22.8 Å². The topological polar surface area (TPSA) is 30.9 Å². The lowest BCUT2D eigenvalue weighted by molar-refractivity contribution is 0.694. The molecule has 1 aliphatic rings. The minimum absolute atomic E-state index is 0.710. The Balaban J connectivity index is 2.09. The number of hydrogen-bond acceptors (Lipinski definition) is 1. The Morgan fingerprint density at radius 3 is 2.82 bits per heavy atom. The van der Waals surface area contributed by atoms with Gasteiger partial charge in [-0.15, -0.1) is 0 Å². The van der Waals surface area contributed by atoms with Gasteiger partial charge in [0.2, 0.25) is 0 Å². The number of hydrogen-bond donors (Lipinski definition) is 1. The van der Waals surface area contributed by atoms with E-state index in [0.717, 1.165) is 24.4 Å². The molecule has 0 radical (unpaired) electrons. The van der Waals surface area contributed by atoms with Gasteiger partial charge >= 0.3 is 0 Å². The molecule has 0 amide bonds. The number of nitrogens with two attached hydrogens (primary N) is 1. The number of fused-ring (bicyclic) bond motifs is 1. The van der Waals surface area contributed by atoms with Gasteiger partial charge in [0.1, 0.15) is 0 Å². The van der Waals surface area contributed by atoms with Gasteiger partial charge in [-0.2, -0.15) is 0 Å². The van der Waals surface area contributed by atoms with Crippen LogP contribution in [0.3, 0.4) is 0 Å². The number of nitrogens with zero attached hydrogens (tertiary/aromatic N) is 1. The van der Waals surface area contributed by atoms with Gasteiger partial charge in [0.25, 0.3) is 0 Å². The van der Waals surface area contributed by atoms with Crippen molar-refractivity contribution in [3.63, 3.8) is 0 Å². The Hall–Kier alpha value is -0.990. The summed E-state index contributed by atoms with van der Waals surface area (Å²) in [4.78, 5) is 0. The van der Waals surface area contributed by atoms with Crippen LogP contribution in [0.5, 0.6) is 0 Å². The highest BCUT2D eigenvalue weighted by atomic mass is 35.5. The maximum absolute atomic E-state index is 6.05. The molecule has 17 heavy (non-hydrogen) atoms. The van der Waals surface area contributed by atoms with Crippen molar-refractivity contribution in [3.05, 3.63) is 35.0 Å². The van der Waals surface area contributed by atoms with Crippen LogP contribution in [0.1, 0.15) is 31.0 Å². The van der Waals surface area contributed by atoms with Crippen LogP contribution in [0, 0.1) is 0 Å². The van der Waals surface area contributed by atoms with Crippen LogP contribution in [0.25, 0.3) is 10.9 Å². The predicted octanol–water partition coefficient (Wildman–Crippen LogP) is 3.52. The van der Waals surface area contributed by atoms with Crippen molar-refractivity contribution in [1.29, 1.82) is 0 Å². The number of rotatable bonds is 4. The van der Waals surface area contributed by atoms with Gasteiger partial charge in [-0.25, -0.2) is 0 Å². The standard InChI is InChI=1S/C14H17ClN2/c15-11-3-6-14-10(8-11)9-13(2-1-7-16)17(14)12-4-5-12/h3,6,8-9,12H,1-2,4-5,7,16H2. The van der Waals surface area contributed by atoms with Gasteiger partial charge in [0.15, 0.2) is 0 Å². The third kappa shape index (κ3) is 2.07. The van der Waals surface area contributed by atoms with E-state index in [-0.39, 0.29) is 0 Å². The molecule has 1 fully saturated rings. The summed E-state index contributed by atoms with van der Waals surface area (Å²) in [6.45, 7) is 0.757. The number of aromatic nitrogens is 1. The van der Waals surface area contributed by atoms with Crippen molar-refractivity contribution in [2.24, 2.45) is 5.73 Å². The molecule has 3 heteroatoms. The fourth-order valence-electron chi connectivity index (χ4n) is 2.50. The summed E-state index contributed by atoms with van der Waals surface area (Å²) in [5, 5.41) is 2.08. The average Bonchev–Trinajstić information content (AvgIpc) is 3.08. The lowest BCUT2D eigenvalue weighted by atomic mass is 10.2. The van der Waals surface area contributed by atoms with Gasteiger partial charge in [0, 0.05) is 27.7 Å². The second kappa shape index (κ2) is 4.35. The summed E-state index contributed by atoms with van der Waals surface area (Å²) in [7, 11) is 0. The molecule has 1 aromatic heterocycles. The molecule has 1 aliphatic carbocycles. The third-order valence-corrected chi connectivity index (χ3v) is 3.66. The largest absolute Gasteiger partial charge is 0.342 e. The molecule has 0 bridgehead atoms. The number of aryl methyl sites for hydroxylation is 1. The molecule has 0 unspecified atom stereocenters. The predicted molar refractivity (Wildman–Crippen MR) is 72.6 cm³/mol. The monoisotopic (exact) mass is 248 g/mol. The fraction of sp³-hybridized carbons (Fsp3) is 0.429. The van der Waals surface area contributed by atoms with Gasteiger partial charge in [-0.05, 0) is 56.5 Å². The van der Waals surface area contributed by atoms with Crippen LogP contribution in [0.2, 0.25) is 5.02 Å². The first-order chi connectivity index (χ1) is 8.29. The number of halogens is 1. The average molecular weight is 249 g/mol. The Morgan fingerprint density at radius 2 is 2.12 bits per heavy atom. The van der Waals surface area contributed by atoms with E-state index >= 15 is 0 Å². The van der Waals surface area contributed by atoms with Crippen LogP contribution in [0.15, 0.2) is 24.3 Å². The van der Waals surface area contributed by atoms with Gasteiger partial charge in [-0.1, -0.05) is 11.6 Å². The van der Waals surface area contributed by atoms with Crippen LogP contribution < -0.4 is 5.73 Å². The molecule has 0 spiro atoms. The quantitative estimate of drug-likeness (QED) is 0.882. The third-order valence-electron chi connectivity index (χ3n) is 3.43. The second-order valence-corrected chi connectivity index (χ2v) is 5.27. The maximum Gasteiger partial charge on any atom is 0.0486 e. The van der Waals surface area contributed by atoms with Crippen LogP contribution in [-0.4, -0.2) is 11.1 Å². The molecule has 0 aliphatic heterocycles. The minimum atomic E-state index is 0.710. The number of benzene rings is 1. The molecule has 1 saturated carbocycles. The zero-order valence-electron chi connectivity index (χ0n) is 9.82. The van der Waals surface area contributed by atoms with Crippen molar-refractivity contribution in [3.8, 4) is 0 Å². The van der Waals surface area contributed by atoms with Crippen LogP contribution in [-0.2, 0) is 6.42 Å². The van der Waals surface area contributed by atoms with Crippen molar-refractivity contribution in [2.75, 3.05) is 6.54 Å². The lowest BCUT2D eigenvalue weighted by Crippen LogP contribution is -2.05. The molecular weight excluding hydrogens is 232 g/mol. The molecule has 2 aromatic rings. The highest BCUT2D eigenvalue weighted by Crippen LogP contribution is 2.40. The van der Waals surface area contributed by atoms with E-state index in [9.17, 15) is 0 Å². The maximum atomic E-state index is 6.05. The Morgan fingerprint density at radius 1 is 1.29 bits per heavy atom. The van der Waals surface area contributed by atoms with Gasteiger partial charge in [0.05, 0.1) is 0 Å². The summed E-state index contributed by atoms with van der Waals surface area (Å²) in [5.74, 6) is 0. The summed E-state index contributed by atoms with van der Waals surface area (Å²) in [5.41, 5.74) is 8.34. The molecular formula is C14H17ClN2. The molecule has 90 valence electrons. The molecule has 0 saturated heterocycles. The van der Waals surface area contributed by atoms with Crippen molar-refractivity contribution >= 4 is 22.5 Å². The molecule has 0 atom stereocenters. The van der Waals surface area contributed by atoms with Crippen molar-refractivity contribution < 1.29 is 0 Å². The van der Waals surface area contributed by atoms with Gasteiger partial charge < -0.3 is 10.3 Å². The SMILES string of the molecule is NCCCc1cc2cc(Cl)ccc2n1C1CC1. The summed E-state index contributed by atoms with van der Waals surface area (Å²) < 4.78 is 2.49. The van der Waals surface area contributed by atoms with E-state index in [1.165, 1.54) is 29.4 Å². The summed E-state index contributed by atoms with van der Waals surface area (Å²) >= 11 is 6.05. The first-order valence-electron chi connectivity index (χ1n) is 6.29. The molecule has 3 rings (SSSR count). The highest BCUT2D eigenvalue weighted by molar-refractivity contribution is 6.31. The molecule has 1 aromatic carbocycles. The fourth-order valence-corrected chi connectivity index (χ4v) is 2.68. The molecule has 2 nitrogen and oxygen atoms in total. The first-order valence-corrected chi connectivity index (χ1v) is 6.67. The van der Waals surface area contributed by atoms with Crippen molar-refractivity contribution in [1.82, 2.24) is 4.57 Å².